The predicted octanol–water partition coefficient (Wildman–Crippen LogP) is 5.74. The third kappa shape index (κ3) is 3.69. The van der Waals surface area contributed by atoms with E-state index in [1.165, 1.54) is 0 Å². The van der Waals surface area contributed by atoms with E-state index in [4.69, 9.17) is 28.5 Å². The van der Waals surface area contributed by atoms with Crippen molar-refractivity contribution in [1.82, 2.24) is 0 Å². The number of halogens is 2. The number of nitrogens with zero attached hydrogens (tertiary/aromatic N) is 1. The highest BCUT2D eigenvalue weighted by atomic mass is 35.5. The Labute approximate surface area is 135 Å². The Morgan fingerprint density at radius 2 is 1.95 bits per heavy atom. The van der Waals surface area contributed by atoms with Crippen LogP contribution >= 0.6 is 23.2 Å². The summed E-state index contributed by atoms with van der Waals surface area (Å²) in [4.78, 5) is 0. The highest BCUT2D eigenvalue weighted by Gasteiger charge is 2.14. The third-order valence-electron chi connectivity index (χ3n) is 3.44. The van der Waals surface area contributed by atoms with Crippen LogP contribution in [0.2, 0.25) is 10.0 Å². The summed E-state index contributed by atoms with van der Waals surface area (Å²) in [6.45, 7) is 4.10. The summed E-state index contributed by atoms with van der Waals surface area (Å²) in [5, 5.41) is 13.8. The van der Waals surface area contributed by atoms with Gasteiger partial charge in [-0.05, 0) is 48.7 Å². The van der Waals surface area contributed by atoms with Gasteiger partial charge in [-0.2, -0.15) is 5.26 Å². The lowest BCUT2D eigenvalue weighted by molar-refractivity contribution is 0.748. The Morgan fingerprint density at radius 1 is 1.19 bits per heavy atom. The fourth-order valence-corrected chi connectivity index (χ4v) is 2.76. The number of nitrogens with one attached hydrogen (secondary N) is 1. The van der Waals surface area contributed by atoms with Crippen LogP contribution in [0.4, 0.5) is 5.69 Å². The number of benzene rings is 2. The maximum atomic E-state index is 9.02. The monoisotopic (exact) mass is 318 g/mol. The summed E-state index contributed by atoms with van der Waals surface area (Å²) in [5.74, 6) is 0. The van der Waals surface area contributed by atoms with Gasteiger partial charge in [-0.15, -0.1) is 0 Å². The van der Waals surface area contributed by atoms with E-state index in [0.29, 0.717) is 15.6 Å². The van der Waals surface area contributed by atoms with Gasteiger partial charge in [0.05, 0.1) is 17.7 Å². The Bertz CT molecular complexity index is 690. The van der Waals surface area contributed by atoms with Crippen molar-refractivity contribution in [3.63, 3.8) is 0 Å². The van der Waals surface area contributed by atoms with Gasteiger partial charge in [0.15, 0.2) is 0 Å². The summed E-state index contributed by atoms with van der Waals surface area (Å²) < 4.78 is 0. The minimum absolute atomic E-state index is 0.0717. The molecule has 2 aromatic rings. The lowest BCUT2D eigenvalue weighted by Crippen LogP contribution is -2.11. The van der Waals surface area contributed by atoms with Crippen LogP contribution < -0.4 is 5.32 Å². The van der Waals surface area contributed by atoms with E-state index in [0.717, 1.165) is 23.2 Å². The van der Waals surface area contributed by atoms with Crippen molar-refractivity contribution in [2.75, 3.05) is 5.32 Å². The highest BCUT2D eigenvalue weighted by Crippen LogP contribution is 2.31. The molecular formula is C17H16Cl2N2. The van der Waals surface area contributed by atoms with E-state index in [9.17, 15) is 0 Å². The number of nitriles is 1. The van der Waals surface area contributed by atoms with Gasteiger partial charge < -0.3 is 5.32 Å². The molecule has 0 bridgehead atoms. The molecule has 0 amide bonds. The Balaban J connectivity index is 2.33. The molecule has 0 heterocycles. The highest BCUT2D eigenvalue weighted by molar-refractivity contribution is 6.35. The molecule has 108 valence electrons. The molecule has 1 atom stereocenters. The van der Waals surface area contributed by atoms with E-state index in [-0.39, 0.29) is 6.04 Å². The Hall–Kier alpha value is -1.69. The van der Waals surface area contributed by atoms with Crippen LogP contribution in [0.25, 0.3) is 0 Å². The van der Waals surface area contributed by atoms with Crippen molar-refractivity contribution in [3.05, 3.63) is 63.1 Å². The molecule has 1 N–H and O–H groups in total. The van der Waals surface area contributed by atoms with Crippen molar-refractivity contribution in [2.24, 2.45) is 0 Å². The van der Waals surface area contributed by atoms with Crippen LogP contribution in [0.5, 0.6) is 0 Å². The van der Waals surface area contributed by atoms with Gasteiger partial charge in [-0.1, -0.05) is 42.3 Å². The molecule has 0 fully saturated rings. The average molecular weight is 319 g/mol. The second-order valence-corrected chi connectivity index (χ2v) is 5.76. The van der Waals surface area contributed by atoms with E-state index >= 15 is 0 Å². The number of anilines is 1. The second-order valence-electron chi connectivity index (χ2n) is 4.91. The zero-order valence-electron chi connectivity index (χ0n) is 12.0. The standard InChI is InChI=1S/C17H16Cl2N2/c1-3-16(14-7-6-13(18)9-15(14)19)21-17-8-12(10-20)5-4-11(17)2/h4-9,16,21H,3H2,1-2H3. The van der Waals surface area contributed by atoms with Crippen molar-refractivity contribution >= 4 is 28.9 Å². The number of rotatable bonds is 4. The van der Waals surface area contributed by atoms with Crippen LogP contribution in [0.15, 0.2) is 36.4 Å². The first-order chi connectivity index (χ1) is 10.0. The van der Waals surface area contributed by atoms with Crippen LogP contribution in [0.1, 0.15) is 36.1 Å². The quantitative estimate of drug-likeness (QED) is 0.780. The third-order valence-corrected chi connectivity index (χ3v) is 4.00. The second kappa shape index (κ2) is 6.85. The molecule has 4 heteroatoms. The number of hydrogen-bond acceptors (Lipinski definition) is 2. The smallest absolute Gasteiger partial charge is 0.0992 e. The first kappa shape index (κ1) is 15.7. The molecule has 0 aliphatic heterocycles. The molecular weight excluding hydrogens is 303 g/mol. The van der Waals surface area contributed by atoms with Gasteiger partial charge in [0, 0.05) is 15.7 Å². The largest absolute Gasteiger partial charge is 0.378 e. The Morgan fingerprint density at radius 3 is 2.57 bits per heavy atom. The fourth-order valence-electron chi connectivity index (χ4n) is 2.22. The van der Waals surface area contributed by atoms with Crippen molar-refractivity contribution < 1.29 is 0 Å². The zero-order chi connectivity index (χ0) is 15.4. The zero-order valence-corrected chi connectivity index (χ0v) is 13.5. The minimum Gasteiger partial charge on any atom is -0.378 e. The summed E-state index contributed by atoms with van der Waals surface area (Å²) >= 11 is 12.2. The number of aryl methyl sites for hydroxylation is 1. The van der Waals surface area contributed by atoms with E-state index in [1.54, 1.807) is 6.07 Å². The normalized spacial score (nSPS) is 11.8. The molecule has 0 aliphatic rings. The van der Waals surface area contributed by atoms with Crippen LogP contribution in [0.3, 0.4) is 0 Å². The molecule has 21 heavy (non-hydrogen) atoms. The van der Waals surface area contributed by atoms with E-state index < -0.39 is 0 Å². The average Bonchev–Trinajstić information content (AvgIpc) is 2.47. The van der Waals surface area contributed by atoms with Gasteiger partial charge in [0.2, 0.25) is 0 Å². The summed E-state index contributed by atoms with van der Waals surface area (Å²) in [6, 6.07) is 13.4. The van der Waals surface area contributed by atoms with Crippen LogP contribution in [-0.4, -0.2) is 0 Å². The lowest BCUT2D eigenvalue weighted by atomic mass is 10.0. The molecule has 2 nitrogen and oxygen atoms in total. The van der Waals surface area contributed by atoms with Crippen molar-refractivity contribution in [3.8, 4) is 6.07 Å². The molecule has 0 aromatic heterocycles. The minimum atomic E-state index is 0.0717. The molecule has 0 radical (unpaired) electrons. The van der Waals surface area contributed by atoms with E-state index in [1.807, 2.05) is 37.3 Å². The SMILES string of the molecule is CCC(Nc1cc(C#N)ccc1C)c1ccc(Cl)cc1Cl. The first-order valence-corrected chi connectivity index (χ1v) is 7.53. The maximum Gasteiger partial charge on any atom is 0.0992 e. The fraction of sp³-hybridized carbons (Fsp3) is 0.235. The molecule has 2 aromatic carbocycles. The van der Waals surface area contributed by atoms with Gasteiger partial charge in [-0.25, -0.2) is 0 Å². The molecule has 0 spiro atoms. The maximum absolute atomic E-state index is 9.02. The van der Waals surface area contributed by atoms with Crippen molar-refractivity contribution in [1.29, 1.82) is 5.26 Å². The van der Waals surface area contributed by atoms with Crippen LogP contribution in [-0.2, 0) is 0 Å². The van der Waals surface area contributed by atoms with Gasteiger partial charge in [0.25, 0.3) is 0 Å². The molecule has 2 rings (SSSR count). The molecule has 1 unspecified atom stereocenters. The molecule has 0 aliphatic carbocycles. The van der Waals surface area contributed by atoms with Gasteiger partial charge in [0.1, 0.15) is 0 Å². The van der Waals surface area contributed by atoms with E-state index in [2.05, 4.69) is 18.3 Å². The predicted molar refractivity (Wildman–Crippen MR) is 89.0 cm³/mol. The summed E-state index contributed by atoms with van der Waals surface area (Å²) in [6.07, 6.45) is 0.873. The summed E-state index contributed by atoms with van der Waals surface area (Å²) in [5.41, 5.74) is 3.69. The number of hydrogen-bond donors (Lipinski definition) is 1. The van der Waals surface area contributed by atoms with Crippen molar-refractivity contribution in [2.45, 2.75) is 26.3 Å². The van der Waals surface area contributed by atoms with Gasteiger partial charge in [-0.3, -0.25) is 0 Å². The molecule has 0 saturated carbocycles. The first-order valence-electron chi connectivity index (χ1n) is 6.77. The summed E-state index contributed by atoms with van der Waals surface area (Å²) in [7, 11) is 0. The van der Waals surface area contributed by atoms with Crippen LogP contribution in [0, 0.1) is 18.3 Å². The lowest BCUT2D eigenvalue weighted by Gasteiger charge is -2.21. The molecule has 0 saturated heterocycles. The Kier molecular flexibility index (Phi) is 5.12. The van der Waals surface area contributed by atoms with Gasteiger partial charge >= 0.3 is 0 Å². The topological polar surface area (TPSA) is 35.8 Å².